The van der Waals surface area contributed by atoms with Crippen LogP contribution < -0.4 is 18.3 Å². The summed E-state index contributed by atoms with van der Waals surface area (Å²) >= 11 is 0. The van der Waals surface area contributed by atoms with E-state index in [1.807, 2.05) is 30.3 Å². The van der Waals surface area contributed by atoms with Crippen molar-refractivity contribution in [2.45, 2.75) is 128 Å². The van der Waals surface area contributed by atoms with Crippen LogP contribution in [0, 0.1) is 0 Å². The molecule has 0 N–H and O–H groups in total. The van der Waals surface area contributed by atoms with Gasteiger partial charge in [-0.25, -0.2) is 0 Å². The number of hydrogen-bond donors (Lipinski definition) is 0. The van der Waals surface area contributed by atoms with Gasteiger partial charge in [0.2, 0.25) is 0 Å². The minimum absolute atomic E-state index is 0.0551. The van der Waals surface area contributed by atoms with E-state index >= 15 is 0 Å². The molecule has 0 aromatic heterocycles. The number of hydrogen-bond acceptors (Lipinski definition) is 7. The lowest BCUT2D eigenvalue weighted by molar-refractivity contribution is -0.145. The maximum Gasteiger partial charge on any atom is 0.318 e. The number of ether oxygens (including phenoxy) is 4. The first-order valence-corrected chi connectivity index (χ1v) is 21.6. The molecule has 1 heterocycles. The van der Waals surface area contributed by atoms with Crippen LogP contribution in [0.1, 0.15) is 106 Å². The first kappa shape index (κ1) is 38.7. The van der Waals surface area contributed by atoms with Crippen LogP contribution in [0.15, 0.2) is 49.1 Å². The fourth-order valence-electron chi connectivity index (χ4n) is 8.19. The number of carbonyl (C=O) groups excluding carboxylic acids is 1. The number of fused-ring (bicyclic) bond motifs is 1. The number of rotatable bonds is 17. The molecular weight excluding hydrogens is 625 g/mol. The molecule has 2 atom stereocenters. The summed E-state index contributed by atoms with van der Waals surface area (Å²) in [7, 11) is -3.17. The lowest BCUT2D eigenvalue weighted by atomic mass is 9.91. The van der Waals surface area contributed by atoms with Crippen molar-refractivity contribution in [2.24, 2.45) is 0 Å². The van der Waals surface area contributed by atoms with Gasteiger partial charge in [0.25, 0.3) is 16.6 Å². The standard InChI is InChI=1S/C38H60O7Si2/c1-15-21-41-38(39)35-31-17-16-18-33(42-23-40-14)37(31)43-36(35)30-19-20-32(44-46(24(2)3,25(4)5)26(6)7)34(22-30)45-47(27(8)9,28(10)11)29(12)13/h15-20,22,24-29,35-36H,1,21,23H2,2-14H3/t35-,36-/m1/s1. The van der Waals surface area contributed by atoms with Gasteiger partial charge in [-0.2, -0.15) is 0 Å². The molecule has 9 heteroatoms. The van der Waals surface area contributed by atoms with E-state index in [0.29, 0.717) is 50.3 Å². The Hall–Kier alpha value is -2.76. The summed E-state index contributed by atoms with van der Waals surface area (Å²) in [6.45, 7) is 31.4. The van der Waals surface area contributed by atoms with Gasteiger partial charge in [-0.15, -0.1) is 0 Å². The van der Waals surface area contributed by atoms with Crippen LogP contribution in [0.2, 0.25) is 33.2 Å². The van der Waals surface area contributed by atoms with E-state index in [2.05, 4.69) is 95.7 Å². The van der Waals surface area contributed by atoms with E-state index in [4.69, 9.17) is 27.8 Å². The van der Waals surface area contributed by atoms with Gasteiger partial charge in [-0.05, 0) is 57.0 Å². The Balaban J connectivity index is 2.28. The third kappa shape index (κ3) is 7.62. The summed E-state index contributed by atoms with van der Waals surface area (Å²) in [5.74, 6) is 1.43. The highest BCUT2D eigenvalue weighted by Gasteiger charge is 2.50. The van der Waals surface area contributed by atoms with Crippen molar-refractivity contribution in [3.8, 4) is 23.0 Å². The fraction of sp³-hybridized carbons (Fsp3) is 0.605. The Morgan fingerprint density at radius 1 is 0.787 bits per heavy atom. The molecule has 3 rings (SSSR count). The second kappa shape index (κ2) is 16.1. The highest BCUT2D eigenvalue weighted by molar-refractivity contribution is 6.79. The third-order valence-electron chi connectivity index (χ3n) is 10.1. The molecule has 1 aliphatic heterocycles. The van der Waals surface area contributed by atoms with Gasteiger partial charge in [0, 0.05) is 12.7 Å². The molecule has 0 saturated heterocycles. The summed E-state index contributed by atoms with van der Waals surface area (Å²) in [5, 5.41) is 0. The number of benzene rings is 2. The molecule has 0 unspecified atom stereocenters. The van der Waals surface area contributed by atoms with Crippen molar-refractivity contribution in [1.82, 2.24) is 0 Å². The average molecular weight is 685 g/mol. The Morgan fingerprint density at radius 3 is 1.81 bits per heavy atom. The average Bonchev–Trinajstić information content (AvgIpc) is 3.39. The Bertz CT molecular complexity index is 1310. The quantitative estimate of drug-likeness (QED) is 0.0710. The van der Waals surface area contributed by atoms with E-state index in [9.17, 15) is 4.79 Å². The van der Waals surface area contributed by atoms with Crippen LogP contribution >= 0.6 is 0 Å². The molecule has 0 bridgehead atoms. The predicted molar refractivity (Wildman–Crippen MR) is 196 cm³/mol. The molecule has 7 nitrogen and oxygen atoms in total. The topological polar surface area (TPSA) is 72.5 Å². The van der Waals surface area contributed by atoms with Crippen molar-refractivity contribution in [2.75, 3.05) is 20.5 Å². The molecule has 0 radical (unpaired) electrons. The number of methoxy groups -OCH3 is 1. The van der Waals surface area contributed by atoms with Gasteiger partial charge in [0.05, 0.1) is 0 Å². The van der Waals surface area contributed by atoms with Gasteiger partial charge in [0.15, 0.2) is 18.3 Å². The minimum atomic E-state index is -2.41. The lowest BCUT2D eigenvalue weighted by Crippen LogP contribution is -2.52. The molecule has 0 amide bonds. The number of esters is 1. The first-order valence-electron chi connectivity index (χ1n) is 17.3. The van der Waals surface area contributed by atoms with E-state index in [-0.39, 0.29) is 19.4 Å². The van der Waals surface area contributed by atoms with E-state index in [1.54, 1.807) is 13.2 Å². The summed E-state index contributed by atoms with van der Waals surface area (Å²) in [6.07, 6.45) is 0.906. The van der Waals surface area contributed by atoms with Gasteiger partial charge >= 0.3 is 5.97 Å². The highest BCUT2D eigenvalue weighted by atomic mass is 28.4. The van der Waals surface area contributed by atoms with Gasteiger partial charge in [-0.1, -0.05) is 114 Å². The molecule has 0 spiro atoms. The molecule has 2 aromatic rings. The molecule has 0 aliphatic carbocycles. The smallest absolute Gasteiger partial charge is 0.318 e. The van der Waals surface area contributed by atoms with E-state index < -0.39 is 28.7 Å². The highest BCUT2D eigenvalue weighted by Crippen LogP contribution is 2.53. The zero-order valence-electron chi connectivity index (χ0n) is 31.1. The van der Waals surface area contributed by atoms with Crippen LogP contribution in [0.5, 0.6) is 23.0 Å². The largest absolute Gasteiger partial charge is 0.540 e. The van der Waals surface area contributed by atoms with Gasteiger partial charge in [0.1, 0.15) is 30.1 Å². The normalized spacial score (nSPS) is 16.7. The Kier molecular flexibility index (Phi) is 13.2. The maximum atomic E-state index is 13.7. The number of para-hydroxylation sites is 1. The van der Waals surface area contributed by atoms with Crippen molar-refractivity contribution in [3.05, 3.63) is 60.2 Å². The molecule has 47 heavy (non-hydrogen) atoms. The molecule has 2 aromatic carbocycles. The SMILES string of the molecule is C=CCOC(=O)[C@@H]1c2cccc(OCOC)c2O[C@@H]1c1ccc(O[Si](C(C)C)(C(C)C)C(C)C)c(O[Si](C(C)C)(C(C)C)C(C)C)c1. The zero-order chi connectivity index (χ0) is 35.3. The van der Waals surface area contributed by atoms with Crippen molar-refractivity contribution < 1.29 is 32.6 Å². The number of carbonyl (C=O) groups is 1. The van der Waals surface area contributed by atoms with Crippen LogP contribution in [0.3, 0.4) is 0 Å². The second-order valence-electron chi connectivity index (χ2n) is 14.7. The molecule has 0 fully saturated rings. The predicted octanol–water partition coefficient (Wildman–Crippen LogP) is 10.7. The minimum Gasteiger partial charge on any atom is -0.540 e. The lowest BCUT2D eigenvalue weighted by Gasteiger charge is -2.45. The van der Waals surface area contributed by atoms with Crippen molar-refractivity contribution >= 4 is 22.6 Å². The maximum absolute atomic E-state index is 13.7. The first-order chi connectivity index (χ1) is 22.1. The molecular formula is C38H60O7Si2. The van der Waals surface area contributed by atoms with E-state index in [1.165, 1.54) is 0 Å². The summed E-state index contributed by atoms with van der Waals surface area (Å²) in [6, 6.07) is 11.7. The third-order valence-corrected chi connectivity index (χ3v) is 22.1. The van der Waals surface area contributed by atoms with Crippen LogP contribution in [0.25, 0.3) is 0 Å². The van der Waals surface area contributed by atoms with Crippen molar-refractivity contribution in [1.29, 1.82) is 0 Å². The van der Waals surface area contributed by atoms with Gasteiger partial charge in [-0.3, -0.25) is 4.79 Å². The molecule has 262 valence electrons. The van der Waals surface area contributed by atoms with Crippen LogP contribution in [0.4, 0.5) is 0 Å². The zero-order valence-corrected chi connectivity index (χ0v) is 33.1. The van der Waals surface area contributed by atoms with Crippen LogP contribution in [-0.2, 0) is 14.3 Å². The van der Waals surface area contributed by atoms with Crippen molar-refractivity contribution in [3.63, 3.8) is 0 Å². The molecule has 0 saturated carbocycles. The summed E-state index contributed by atoms with van der Waals surface area (Å²) < 4.78 is 38.0. The summed E-state index contributed by atoms with van der Waals surface area (Å²) in [4.78, 5) is 13.7. The second-order valence-corrected chi connectivity index (χ2v) is 25.5. The summed E-state index contributed by atoms with van der Waals surface area (Å²) in [5.41, 5.74) is 3.76. The Morgan fingerprint density at radius 2 is 1.32 bits per heavy atom. The monoisotopic (exact) mass is 684 g/mol. The fourth-order valence-corrected chi connectivity index (χ4v) is 18.7. The van der Waals surface area contributed by atoms with Crippen LogP contribution in [-0.4, -0.2) is 43.1 Å². The van der Waals surface area contributed by atoms with Gasteiger partial charge < -0.3 is 27.8 Å². The molecule has 1 aliphatic rings. The Labute approximate surface area is 286 Å². The van der Waals surface area contributed by atoms with E-state index in [0.717, 1.165) is 17.1 Å².